The third-order valence-electron chi connectivity index (χ3n) is 2.18. The van der Waals surface area contributed by atoms with Gasteiger partial charge in [-0.2, -0.15) is 0 Å². The maximum Gasteiger partial charge on any atom is 0.180 e. The molecule has 0 bridgehead atoms. The Morgan fingerprint density at radius 1 is 1.35 bits per heavy atom. The third kappa shape index (κ3) is 3.01. The van der Waals surface area contributed by atoms with Crippen molar-refractivity contribution in [2.45, 2.75) is 6.54 Å². The first kappa shape index (κ1) is 12.4. The van der Waals surface area contributed by atoms with Crippen molar-refractivity contribution in [1.82, 2.24) is 4.98 Å². The fraction of sp³-hybridized carbons (Fsp3) is 0.182. The Labute approximate surface area is 116 Å². The van der Waals surface area contributed by atoms with Gasteiger partial charge in [0.05, 0.1) is 30.0 Å². The highest BCUT2D eigenvalue weighted by molar-refractivity contribution is 9.11. The van der Waals surface area contributed by atoms with Gasteiger partial charge in [0.2, 0.25) is 0 Å². The summed E-state index contributed by atoms with van der Waals surface area (Å²) in [6, 6.07) is 3.84. The number of nitrogens with one attached hydrogen (secondary N) is 1. The van der Waals surface area contributed by atoms with E-state index < -0.39 is 0 Å². The minimum absolute atomic E-state index is 0.573. The molecule has 2 aromatic rings. The van der Waals surface area contributed by atoms with Crippen molar-refractivity contribution in [1.29, 1.82) is 0 Å². The van der Waals surface area contributed by atoms with Crippen molar-refractivity contribution < 1.29 is 9.15 Å². The fourth-order valence-corrected chi connectivity index (χ4v) is 2.63. The summed E-state index contributed by atoms with van der Waals surface area (Å²) in [4.78, 5) is 3.85. The largest absolute Gasteiger partial charge is 0.495 e. The van der Waals surface area contributed by atoms with E-state index in [1.165, 1.54) is 6.39 Å². The van der Waals surface area contributed by atoms with Gasteiger partial charge in [-0.25, -0.2) is 4.98 Å². The molecule has 0 radical (unpaired) electrons. The lowest BCUT2D eigenvalue weighted by molar-refractivity contribution is 0.412. The van der Waals surface area contributed by atoms with Gasteiger partial charge < -0.3 is 14.5 Å². The topological polar surface area (TPSA) is 47.3 Å². The van der Waals surface area contributed by atoms with E-state index >= 15 is 0 Å². The summed E-state index contributed by atoms with van der Waals surface area (Å²) in [5.74, 6) is 1.55. The average molecular weight is 362 g/mol. The third-order valence-corrected chi connectivity index (χ3v) is 3.45. The van der Waals surface area contributed by atoms with Crippen LogP contribution in [0.25, 0.3) is 0 Å². The smallest absolute Gasteiger partial charge is 0.180 e. The molecule has 0 unspecified atom stereocenters. The molecule has 0 amide bonds. The number of benzene rings is 1. The van der Waals surface area contributed by atoms with Gasteiger partial charge in [-0.3, -0.25) is 0 Å². The zero-order chi connectivity index (χ0) is 12.3. The van der Waals surface area contributed by atoms with Crippen LogP contribution in [-0.2, 0) is 6.54 Å². The highest BCUT2D eigenvalue weighted by atomic mass is 79.9. The molecule has 0 atom stereocenters. The Kier molecular flexibility index (Phi) is 4.06. The standard InChI is InChI=1S/C11H10Br2N2O2/c1-16-11-3-10(8(12)2-9(11)13)15-5-7-4-14-6-17-7/h2-4,6,15H,5H2,1H3. The predicted molar refractivity (Wildman–Crippen MR) is 72.2 cm³/mol. The normalized spacial score (nSPS) is 10.3. The summed E-state index contributed by atoms with van der Waals surface area (Å²) in [6.45, 7) is 0.573. The van der Waals surface area contributed by atoms with Crippen LogP contribution in [0.15, 0.2) is 38.1 Å². The van der Waals surface area contributed by atoms with Crippen LogP contribution in [0.5, 0.6) is 5.75 Å². The molecule has 90 valence electrons. The maximum atomic E-state index is 5.23. The molecule has 0 aliphatic carbocycles. The Balaban J connectivity index is 2.15. The summed E-state index contributed by atoms with van der Waals surface area (Å²) in [5.41, 5.74) is 0.932. The molecule has 17 heavy (non-hydrogen) atoms. The second kappa shape index (κ2) is 5.55. The van der Waals surface area contributed by atoms with Crippen LogP contribution in [-0.4, -0.2) is 12.1 Å². The monoisotopic (exact) mass is 360 g/mol. The Morgan fingerprint density at radius 2 is 2.18 bits per heavy atom. The summed E-state index contributed by atoms with van der Waals surface area (Å²) in [6.07, 6.45) is 3.09. The Bertz CT molecular complexity index is 500. The first-order valence-corrected chi connectivity index (χ1v) is 6.43. The van der Waals surface area contributed by atoms with Crippen molar-refractivity contribution in [2.75, 3.05) is 12.4 Å². The molecule has 1 heterocycles. The average Bonchev–Trinajstić information content (AvgIpc) is 2.81. The molecule has 0 saturated heterocycles. The van der Waals surface area contributed by atoms with Gasteiger partial charge >= 0.3 is 0 Å². The van der Waals surface area contributed by atoms with Crippen LogP contribution in [0.2, 0.25) is 0 Å². The highest BCUT2D eigenvalue weighted by Gasteiger charge is 2.07. The number of anilines is 1. The van der Waals surface area contributed by atoms with E-state index in [0.29, 0.717) is 6.54 Å². The Hall–Kier alpha value is -1.01. The molecule has 2 rings (SSSR count). The molecule has 0 aliphatic rings. The van der Waals surface area contributed by atoms with Gasteiger partial charge in [0.1, 0.15) is 11.5 Å². The van der Waals surface area contributed by atoms with E-state index in [4.69, 9.17) is 9.15 Å². The second-order valence-electron chi connectivity index (χ2n) is 3.29. The molecule has 0 aliphatic heterocycles. The number of oxazole rings is 1. The molecule has 6 heteroatoms. The second-order valence-corrected chi connectivity index (χ2v) is 5.00. The van der Waals surface area contributed by atoms with Crippen LogP contribution in [0, 0.1) is 0 Å². The van der Waals surface area contributed by atoms with E-state index in [1.807, 2.05) is 12.1 Å². The first-order valence-electron chi connectivity index (χ1n) is 4.85. The van der Waals surface area contributed by atoms with Crippen molar-refractivity contribution in [2.24, 2.45) is 0 Å². The van der Waals surface area contributed by atoms with Crippen molar-refractivity contribution in [3.63, 3.8) is 0 Å². The highest BCUT2D eigenvalue weighted by Crippen LogP contribution is 2.34. The van der Waals surface area contributed by atoms with Crippen molar-refractivity contribution in [3.05, 3.63) is 39.4 Å². The first-order chi connectivity index (χ1) is 8.20. The van der Waals surface area contributed by atoms with Gasteiger partial charge in [0.15, 0.2) is 6.39 Å². The SMILES string of the molecule is COc1cc(NCc2cnco2)c(Br)cc1Br. The molecule has 0 saturated carbocycles. The van der Waals surface area contributed by atoms with Crippen LogP contribution in [0.3, 0.4) is 0 Å². The number of rotatable bonds is 4. The summed E-state index contributed by atoms with van der Waals surface area (Å²) in [7, 11) is 1.63. The molecule has 0 spiro atoms. The quantitative estimate of drug-likeness (QED) is 0.899. The molecule has 0 fully saturated rings. The number of hydrogen-bond donors (Lipinski definition) is 1. The zero-order valence-electron chi connectivity index (χ0n) is 9.04. The number of halogens is 2. The van der Waals surface area contributed by atoms with Gasteiger partial charge in [0, 0.05) is 10.5 Å². The van der Waals surface area contributed by atoms with Gasteiger partial charge in [0.25, 0.3) is 0 Å². The molecular formula is C11H10Br2N2O2. The van der Waals surface area contributed by atoms with Gasteiger partial charge in [-0.05, 0) is 37.9 Å². The van der Waals surface area contributed by atoms with E-state index in [-0.39, 0.29) is 0 Å². The number of ether oxygens (including phenoxy) is 1. The number of hydrogen-bond acceptors (Lipinski definition) is 4. The molecular weight excluding hydrogens is 352 g/mol. The predicted octanol–water partition coefficient (Wildman–Crippen LogP) is 3.82. The number of aromatic nitrogens is 1. The summed E-state index contributed by atoms with van der Waals surface area (Å²) >= 11 is 6.90. The minimum atomic E-state index is 0.573. The van der Waals surface area contributed by atoms with E-state index in [2.05, 4.69) is 42.2 Å². The summed E-state index contributed by atoms with van der Waals surface area (Å²) < 4.78 is 12.2. The molecule has 1 N–H and O–H groups in total. The minimum Gasteiger partial charge on any atom is -0.495 e. The van der Waals surface area contributed by atoms with Crippen molar-refractivity contribution in [3.8, 4) is 5.75 Å². The van der Waals surface area contributed by atoms with E-state index in [9.17, 15) is 0 Å². The van der Waals surface area contributed by atoms with E-state index in [0.717, 1.165) is 26.1 Å². The fourth-order valence-electron chi connectivity index (χ4n) is 1.33. The van der Waals surface area contributed by atoms with Crippen LogP contribution in [0.4, 0.5) is 5.69 Å². The van der Waals surface area contributed by atoms with E-state index in [1.54, 1.807) is 13.3 Å². The number of methoxy groups -OCH3 is 1. The Morgan fingerprint density at radius 3 is 2.82 bits per heavy atom. The molecule has 1 aromatic heterocycles. The van der Waals surface area contributed by atoms with Gasteiger partial charge in [-0.1, -0.05) is 0 Å². The molecule has 4 nitrogen and oxygen atoms in total. The maximum absolute atomic E-state index is 5.23. The molecule has 1 aromatic carbocycles. The van der Waals surface area contributed by atoms with Gasteiger partial charge in [-0.15, -0.1) is 0 Å². The lowest BCUT2D eigenvalue weighted by atomic mass is 10.3. The lowest BCUT2D eigenvalue weighted by Crippen LogP contribution is -1.99. The lowest BCUT2D eigenvalue weighted by Gasteiger charge is -2.10. The zero-order valence-corrected chi connectivity index (χ0v) is 12.2. The van der Waals surface area contributed by atoms with Crippen LogP contribution in [0.1, 0.15) is 5.76 Å². The summed E-state index contributed by atoms with van der Waals surface area (Å²) in [5, 5.41) is 3.24. The van der Waals surface area contributed by atoms with Crippen LogP contribution < -0.4 is 10.1 Å². The number of nitrogens with zero attached hydrogens (tertiary/aromatic N) is 1. The van der Waals surface area contributed by atoms with Crippen LogP contribution >= 0.6 is 31.9 Å². The van der Waals surface area contributed by atoms with Crippen molar-refractivity contribution >= 4 is 37.5 Å².